The van der Waals surface area contributed by atoms with E-state index in [2.05, 4.69) is 0 Å². The molecule has 0 aromatic heterocycles. The topological polar surface area (TPSA) is 62.9 Å². The van der Waals surface area contributed by atoms with Crippen molar-refractivity contribution in [2.75, 3.05) is 14.2 Å². The van der Waals surface area contributed by atoms with Crippen molar-refractivity contribution in [2.24, 2.45) is 5.73 Å². The fourth-order valence-corrected chi connectivity index (χ4v) is 2.82. The second-order valence-electron chi connectivity index (χ2n) is 5.06. The molecule has 2 unspecified atom stereocenters. The summed E-state index contributed by atoms with van der Waals surface area (Å²) in [6, 6.07) is -0.237. The summed E-state index contributed by atoms with van der Waals surface area (Å²) in [4.78, 5) is 0. The summed E-state index contributed by atoms with van der Waals surface area (Å²) in [5.41, 5.74) is 5.61. The van der Waals surface area contributed by atoms with Gasteiger partial charge in [0.25, 0.3) is 0 Å². The van der Waals surface area contributed by atoms with Crippen LogP contribution < -0.4 is 5.73 Å². The predicted octanol–water partition coefficient (Wildman–Crippen LogP) is -0.485. The lowest BCUT2D eigenvalue weighted by Gasteiger charge is -2.60. The van der Waals surface area contributed by atoms with Gasteiger partial charge in [-0.3, -0.25) is 0 Å². The molecule has 6 heteroatoms. The zero-order valence-electron chi connectivity index (χ0n) is 11.0. The second-order valence-corrected chi connectivity index (χ2v) is 5.47. The van der Waals surface area contributed by atoms with Gasteiger partial charge in [0.05, 0.1) is 11.6 Å². The summed E-state index contributed by atoms with van der Waals surface area (Å²) < 4.78 is 22.4. The summed E-state index contributed by atoms with van der Waals surface area (Å²) in [6.07, 6.45) is 0.579. The molecular weight excluding hydrogens is 226 g/mol. The number of methoxy groups -OCH3 is 2. The van der Waals surface area contributed by atoms with Crippen LogP contribution in [0.2, 0.25) is 0 Å². The molecule has 0 amide bonds. The first kappa shape index (κ1) is 14.1. The molecule has 0 heterocycles. The van der Waals surface area contributed by atoms with Crippen molar-refractivity contribution in [1.29, 1.82) is 0 Å². The van der Waals surface area contributed by atoms with Gasteiger partial charge in [0.2, 0.25) is 11.6 Å². The molecular formula is C10H23NO4Si. The highest BCUT2D eigenvalue weighted by Crippen LogP contribution is 2.49. The molecule has 0 aromatic rings. The zero-order chi connectivity index (χ0) is 12.6. The van der Waals surface area contributed by atoms with Gasteiger partial charge in [-0.25, -0.2) is 0 Å². The number of nitrogens with two attached hydrogens (primary N) is 1. The smallest absolute Gasteiger partial charge is 0.238 e. The first-order valence-electron chi connectivity index (χ1n) is 5.38. The van der Waals surface area contributed by atoms with E-state index in [1.165, 1.54) is 0 Å². The van der Waals surface area contributed by atoms with Crippen LogP contribution in [-0.2, 0) is 18.6 Å². The first-order chi connectivity index (χ1) is 7.27. The average Bonchev–Trinajstić information content (AvgIpc) is 2.16. The lowest BCUT2D eigenvalue weighted by atomic mass is 9.77. The van der Waals surface area contributed by atoms with Gasteiger partial charge in [0.15, 0.2) is 0 Å². The molecule has 5 nitrogen and oxygen atoms in total. The van der Waals surface area contributed by atoms with Gasteiger partial charge in [-0.15, -0.1) is 0 Å². The van der Waals surface area contributed by atoms with Gasteiger partial charge in [-0.05, 0) is 20.8 Å². The van der Waals surface area contributed by atoms with Crippen LogP contribution in [0, 0.1) is 0 Å². The summed E-state index contributed by atoms with van der Waals surface area (Å²) >= 11 is 0. The van der Waals surface area contributed by atoms with Crippen LogP contribution in [0.3, 0.4) is 0 Å². The van der Waals surface area contributed by atoms with Crippen molar-refractivity contribution in [1.82, 2.24) is 0 Å². The molecule has 0 spiro atoms. The summed E-state index contributed by atoms with van der Waals surface area (Å²) in [6.45, 7) is 5.90. The maximum Gasteiger partial charge on any atom is 0.238 e. The van der Waals surface area contributed by atoms with Crippen molar-refractivity contribution in [2.45, 2.75) is 50.4 Å². The van der Waals surface area contributed by atoms with Gasteiger partial charge in [-0.1, -0.05) is 0 Å². The quantitative estimate of drug-likeness (QED) is 0.538. The lowest BCUT2D eigenvalue weighted by Crippen LogP contribution is -2.79. The van der Waals surface area contributed by atoms with E-state index < -0.39 is 11.6 Å². The van der Waals surface area contributed by atoms with E-state index in [9.17, 15) is 0 Å². The molecule has 0 bridgehead atoms. The lowest BCUT2D eigenvalue weighted by molar-refractivity contribution is -0.448. The molecule has 1 aliphatic rings. The SMILES string of the molecule is COC1(OC)C(N)CC1(O[SiH3])OC(C)(C)C. The van der Waals surface area contributed by atoms with E-state index in [1.54, 1.807) is 14.2 Å². The van der Waals surface area contributed by atoms with Crippen LogP contribution in [0.15, 0.2) is 0 Å². The second kappa shape index (κ2) is 4.36. The molecule has 0 radical (unpaired) electrons. The summed E-state index contributed by atoms with van der Waals surface area (Å²) in [5.74, 6) is -1.87. The molecule has 0 aliphatic heterocycles. The third kappa shape index (κ3) is 1.94. The molecule has 1 rings (SSSR count). The van der Waals surface area contributed by atoms with Crippen molar-refractivity contribution >= 4 is 10.5 Å². The van der Waals surface area contributed by atoms with E-state index in [-0.39, 0.29) is 11.6 Å². The van der Waals surface area contributed by atoms with Crippen molar-refractivity contribution in [3.05, 3.63) is 0 Å². The molecule has 0 aromatic carbocycles. The number of hydrogen-bond acceptors (Lipinski definition) is 5. The highest BCUT2D eigenvalue weighted by molar-refractivity contribution is 5.98. The fraction of sp³-hybridized carbons (Fsp3) is 1.00. The van der Waals surface area contributed by atoms with Crippen LogP contribution in [0.1, 0.15) is 27.2 Å². The molecule has 96 valence electrons. The van der Waals surface area contributed by atoms with E-state index in [0.29, 0.717) is 16.9 Å². The van der Waals surface area contributed by atoms with Crippen LogP contribution in [0.4, 0.5) is 0 Å². The largest absolute Gasteiger partial charge is 0.397 e. The Morgan fingerprint density at radius 3 is 2.00 bits per heavy atom. The van der Waals surface area contributed by atoms with E-state index in [4.69, 9.17) is 24.4 Å². The third-order valence-corrected chi connectivity index (χ3v) is 3.57. The molecule has 1 fully saturated rings. The van der Waals surface area contributed by atoms with Crippen LogP contribution in [0.5, 0.6) is 0 Å². The van der Waals surface area contributed by atoms with Crippen molar-refractivity contribution in [3.63, 3.8) is 0 Å². The molecule has 1 aliphatic carbocycles. The van der Waals surface area contributed by atoms with Gasteiger partial charge in [0.1, 0.15) is 10.5 Å². The third-order valence-electron chi connectivity index (χ3n) is 2.91. The first-order valence-corrected chi connectivity index (χ1v) is 6.20. The Morgan fingerprint density at radius 2 is 1.75 bits per heavy atom. The van der Waals surface area contributed by atoms with Crippen LogP contribution in [0.25, 0.3) is 0 Å². The van der Waals surface area contributed by atoms with Crippen molar-refractivity contribution in [3.8, 4) is 0 Å². The molecule has 0 saturated heterocycles. The fourth-order valence-electron chi connectivity index (χ4n) is 2.29. The van der Waals surface area contributed by atoms with Gasteiger partial charge in [0, 0.05) is 20.6 Å². The molecule has 2 N–H and O–H groups in total. The number of hydrogen-bond donors (Lipinski definition) is 1. The Labute approximate surface area is 100 Å². The monoisotopic (exact) mass is 249 g/mol. The maximum atomic E-state index is 5.96. The maximum absolute atomic E-state index is 5.96. The standard InChI is InChI=1S/C10H23NO4Si/c1-8(2,3)14-9(15-16)6-7(11)10(9,12-4)13-5/h7H,6,11H2,1-5,16H3. The van der Waals surface area contributed by atoms with Gasteiger partial charge >= 0.3 is 0 Å². The Hall–Kier alpha value is 0.0169. The molecule has 2 atom stereocenters. The Morgan fingerprint density at radius 1 is 1.25 bits per heavy atom. The Bertz CT molecular complexity index is 252. The highest BCUT2D eigenvalue weighted by atomic mass is 28.2. The van der Waals surface area contributed by atoms with E-state index >= 15 is 0 Å². The van der Waals surface area contributed by atoms with Crippen LogP contribution in [-0.4, -0.2) is 47.9 Å². The predicted molar refractivity (Wildman–Crippen MR) is 63.9 cm³/mol. The number of rotatable bonds is 4. The molecule has 1 saturated carbocycles. The minimum Gasteiger partial charge on any atom is -0.397 e. The van der Waals surface area contributed by atoms with Gasteiger partial charge < -0.3 is 24.4 Å². The van der Waals surface area contributed by atoms with E-state index in [0.717, 1.165) is 0 Å². The minimum absolute atomic E-state index is 0.237. The van der Waals surface area contributed by atoms with Crippen molar-refractivity contribution < 1.29 is 18.6 Å². The minimum atomic E-state index is -0.998. The van der Waals surface area contributed by atoms with E-state index in [1.807, 2.05) is 20.8 Å². The van der Waals surface area contributed by atoms with Crippen LogP contribution >= 0.6 is 0 Å². The Kier molecular flexibility index (Phi) is 3.84. The van der Waals surface area contributed by atoms with Gasteiger partial charge in [-0.2, -0.15) is 0 Å². The molecule has 16 heavy (non-hydrogen) atoms. The summed E-state index contributed by atoms with van der Waals surface area (Å²) in [5, 5.41) is 0. The number of ether oxygens (including phenoxy) is 3. The normalized spacial score (nSPS) is 33.8. The average molecular weight is 249 g/mol. The zero-order valence-corrected chi connectivity index (χ0v) is 13.0. The Balaban J connectivity index is 2.97. The highest BCUT2D eigenvalue weighted by Gasteiger charge is 2.69. The summed E-state index contributed by atoms with van der Waals surface area (Å²) in [7, 11) is 3.65.